The zero-order valence-corrected chi connectivity index (χ0v) is 21.7. The van der Waals surface area contributed by atoms with Crippen LogP contribution in [0, 0.1) is 29.1 Å². The zero-order valence-electron chi connectivity index (χ0n) is 21.5. The number of aliphatic hydroxyl groups excluding tert-OH is 3. The molecule has 0 aromatic rings. The van der Waals surface area contributed by atoms with Gasteiger partial charge in [0.2, 0.25) is 0 Å². The minimum Gasteiger partial charge on any atom is -1.00 e. The average molecular weight is 455 g/mol. The normalized spacial score (nSPS) is 40.7. The standard InChI is InChI=1S/C27H40O3.Ca.2H/c1-17(6-13-25(29)20-8-9-20)23-11-12-24-19(5-4-14-27(23,24)3)7-10-21-15-22(28)16-26(30)18(21)2;;;/h6-7,10,13,17,20,22-26,28-30H,2,4-5,8-9,11-12,14-16H2,1,3H3;;;/q;+2;2*-1/b13-6+,19-7+,21-10-;;;/t17-,22-,23-,24+,25-,26+,27-;;;/m1.../s1. The average Bonchev–Trinajstić information content (AvgIpc) is 3.49. The summed E-state index contributed by atoms with van der Waals surface area (Å²) >= 11 is 0. The van der Waals surface area contributed by atoms with Gasteiger partial charge in [0.05, 0.1) is 18.3 Å². The molecule has 31 heavy (non-hydrogen) atoms. The van der Waals surface area contributed by atoms with Crippen molar-refractivity contribution in [3.8, 4) is 0 Å². The van der Waals surface area contributed by atoms with Crippen LogP contribution >= 0.6 is 0 Å². The molecule has 4 rings (SSSR count). The van der Waals surface area contributed by atoms with Crippen LogP contribution in [0.5, 0.6) is 0 Å². The van der Waals surface area contributed by atoms with Gasteiger partial charge in [-0.1, -0.05) is 50.3 Å². The van der Waals surface area contributed by atoms with Crippen molar-refractivity contribution in [1.82, 2.24) is 0 Å². The van der Waals surface area contributed by atoms with Crippen molar-refractivity contribution in [2.75, 3.05) is 0 Å². The van der Waals surface area contributed by atoms with Gasteiger partial charge < -0.3 is 18.2 Å². The van der Waals surface area contributed by atoms with Gasteiger partial charge in [-0.05, 0) is 91.6 Å². The van der Waals surface area contributed by atoms with Crippen molar-refractivity contribution in [2.45, 2.75) is 89.9 Å². The maximum Gasteiger partial charge on any atom is 2.00 e. The molecule has 0 aromatic carbocycles. The fraction of sp³-hybridized carbons (Fsp3) is 0.704. The molecule has 3 nitrogen and oxygen atoms in total. The first-order chi connectivity index (χ1) is 14.3. The van der Waals surface area contributed by atoms with E-state index in [1.165, 1.54) is 44.1 Å². The number of allylic oxidation sites excluding steroid dienone is 4. The third-order valence-electron chi connectivity index (χ3n) is 8.65. The topological polar surface area (TPSA) is 60.7 Å². The van der Waals surface area contributed by atoms with Gasteiger partial charge in [-0.25, -0.2) is 0 Å². The van der Waals surface area contributed by atoms with Crippen molar-refractivity contribution in [2.24, 2.45) is 29.1 Å². The number of hydrogen-bond donors (Lipinski definition) is 3. The minimum atomic E-state index is -0.621. The summed E-state index contributed by atoms with van der Waals surface area (Å²) in [5.74, 6) is 2.28. The Morgan fingerprint density at radius 3 is 2.58 bits per heavy atom. The molecule has 0 amide bonds. The van der Waals surface area contributed by atoms with Gasteiger partial charge in [-0.2, -0.15) is 0 Å². The molecule has 0 saturated heterocycles. The quantitative estimate of drug-likeness (QED) is 0.407. The fourth-order valence-corrected chi connectivity index (χ4v) is 6.63. The molecule has 4 saturated carbocycles. The molecule has 0 aliphatic heterocycles. The first-order valence-electron chi connectivity index (χ1n) is 12.1. The van der Waals surface area contributed by atoms with Gasteiger partial charge >= 0.3 is 37.7 Å². The van der Waals surface area contributed by atoms with Crippen molar-refractivity contribution < 1.29 is 18.2 Å². The van der Waals surface area contributed by atoms with E-state index in [2.05, 4.69) is 44.7 Å². The predicted octanol–water partition coefficient (Wildman–Crippen LogP) is 4.93. The zero-order chi connectivity index (χ0) is 21.5. The molecule has 0 bridgehead atoms. The molecule has 0 aromatic heterocycles. The largest absolute Gasteiger partial charge is 2.00 e. The molecule has 0 unspecified atom stereocenters. The Balaban J connectivity index is 0.00000181. The number of aliphatic hydroxyl groups is 3. The SMILES string of the molecule is C=C1/C(=C\C=C2/CCC[C@]3(C)[C@@H]([C@H](C)/C=C/[C@@H](O)C4CC4)CC[C@@H]23)C[C@@H](O)C[C@@H]1O.[Ca+2].[H-].[H-]. The summed E-state index contributed by atoms with van der Waals surface area (Å²) in [6.45, 7) is 8.88. The Morgan fingerprint density at radius 1 is 1.13 bits per heavy atom. The Labute approximate surface area is 221 Å². The van der Waals surface area contributed by atoms with E-state index in [-0.39, 0.29) is 46.7 Å². The van der Waals surface area contributed by atoms with E-state index >= 15 is 0 Å². The molecule has 7 atom stereocenters. The van der Waals surface area contributed by atoms with E-state index in [1.807, 2.05) is 0 Å². The van der Waals surface area contributed by atoms with Crippen LogP contribution in [0.4, 0.5) is 0 Å². The van der Waals surface area contributed by atoms with Crippen LogP contribution < -0.4 is 0 Å². The van der Waals surface area contributed by atoms with Gasteiger partial charge in [-0.3, -0.25) is 0 Å². The summed E-state index contributed by atoms with van der Waals surface area (Å²) in [5, 5.41) is 30.4. The smallest absolute Gasteiger partial charge is 1.00 e. The van der Waals surface area contributed by atoms with E-state index < -0.39 is 12.2 Å². The summed E-state index contributed by atoms with van der Waals surface area (Å²) < 4.78 is 0. The van der Waals surface area contributed by atoms with E-state index in [0.717, 1.165) is 17.6 Å². The Hall–Kier alpha value is 0.0997. The maximum atomic E-state index is 10.2. The monoisotopic (exact) mass is 454 g/mol. The van der Waals surface area contributed by atoms with Crippen LogP contribution in [0.15, 0.2) is 47.6 Å². The molecule has 4 aliphatic carbocycles. The summed E-state index contributed by atoms with van der Waals surface area (Å²) in [6, 6.07) is 0. The summed E-state index contributed by atoms with van der Waals surface area (Å²) in [7, 11) is 0. The van der Waals surface area contributed by atoms with Crippen LogP contribution in [0.25, 0.3) is 0 Å². The maximum absolute atomic E-state index is 10.2. The Kier molecular flexibility index (Phi) is 8.77. The van der Waals surface area contributed by atoms with Crippen molar-refractivity contribution in [3.63, 3.8) is 0 Å². The first kappa shape index (κ1) is 25.7. The summed E-state index contributed by atoms with van der Waals surface area (Å²) in [4.78, 5) is 0. The fourth-order valence-electron chi connectivity index (χ4n) is 6.63. The third-order valence-corrected chi connectivity index (χ3v) is 8.65. The van der Waals surface area contributed by atoms with Crippen LogP contribution in [0.2, 0.25) is 0 Å². The molecule has 0 heterocycles. The summed E-state index contributed by atoms with van der Waals surface area (Å²) in [6.07, 6.45) is 16.9. The van der Waals surface area contributed by atoms with Gasteiger partial charge in [-0.15, -0.1) is 0 Å². The number of rotatable bonds is 5. The van der Waals surface area contributed by atoms with E-state index in [0.29, 0.717) is 41.9 Å². The van der Waals surface area contributed by atoms with Gasteiger partial charge in [0.25, 0.3) is 0 Å². The number of hydrogen-bond acceptors (Lipinski definition) is 3. The molecule has 0 spiro atoms. The predicted molar refractivity (Wildman–Crippen MR) is 130 cm³/mol. The molecule has 170 valence electrons. The first-order valence-corrected chi connectivity index (χ1v) is 12.1. The van der Waals surface area contributed by atoms with E-state index in [4.69, 9.17) is 0 Å². The Morgan fingerprint density at radius 2 is 1.87 bits per heavy atom. The van der Waals surface area contributed by atoms with Crippen LogP contribution in [-0.4, -0.2) is 71.4 Å². The van der Waals surface area contributed by atoms with Crippen LogP contribution in [-0.2, 0) is 0 Å². The molecule has 4 heteroatoms. The van der Waals surface area contributed by atoms with Crippen molar-refractivity contribution in [3.05, 3.63) is 47.6 Å². The molecular formula is C27H42CaO3. The summed E-state index contributed by atoms with van der Waals surface area (Å²) in [5.41, 5.74) is 3.63. The van der Waals surface area contributed by atoms with Crippen LogP contribution in [0.3, 0.4) is 0 Å². The van der Waals surface area contributed by atoms with Crippen molar-refractivity contribution in [1.29, 1.82) is 0 Å². The van der Waals surface area contributed by atoms with E-state index in [1.54, 1.807) is 0 Å². The second-order valence-electron chi connectivity index (χ2n) is 10.7. The molecule has 3 N–H and O–H groups in total. The second kappa shape index (κ2) is 10.6. The van der Waals surface area contributed by atoms with Crippen molar-refractivity contribution >= 4 is 37.7 Å². The van der Waals surface area contributed by atoms with E-state index in [9.17, 15) is 15.3 Å². The van der Waals surface area contributed by atoms with Gasteiger partial charge in [0, 0.05) is 6.42 Å². The third kappa shape index (κ3) is 5.61. The second-order valence-corrected chi connectivity index (χ2v) is 10.7. The molecule has 4 fully saturated rings. The van der Waals surface area contributed by atoms with Gasteiger partial charge in [0.15, 0.2) is 0 Å². The molecule has 0 radical (unpaired) electrons. The van der Waals surface area contributed by atoms with Gasteiger partial charge in [0.1, 0.15) is 0 Å². The Bertz CT molecular complexity index is 760. The molecular weight excluding hydrogens is 412 g/mol. The molecule has 4 aliphatic rings. The van der Waals surface area contributed by atoms with Crippen LogP contribution in [0.1, 0.15) is 74.5 Å². The number of fused-ring (bicyclic) bond motifs is 1. The minimum absolute atomic E-state index is 0.